The summed E-state index contributed by atoms with van der Waals surface area (Å²) in [4.78, 5) is 0. The van der Waals surface area contributed by atoms with Gasteiger partial charge >= 0.3 is 0 Å². The Morgan fingerprint density at radius 1 is 1.35 bits per heavy atom. The van der Waals surface area contributed by atoms with Crippen LogP contribution in [0.4, 0.5) is 0 Å². The van der Waals surface area contributed by atoms with E-state index in [0.717, 1.165) is 20.2 Å². The molecule has 86 valence electrons. The Morgan fingerprint density at radius 2 is 2.12 bits per heavy atom. The van der Waals surface area contributed by atoms with Crippen molar-refractivity contribution in [2.75, 3.05) is 0 Å². The van der Waals surface area contributed by atoms with Gasteiger partial charge in [-0.3, -0.25) is 0 Å². The van der Waals surface area contributed by atoms with Gasteiger partial charge in [0, 0.05) is 14.5 Å². The van der Waals surface area contributed by atoms with E-state index in [1.807, 2.05) is 36.4 Å². The smallest absolute Gasteiger partial charge is 0.126 e. The molecule has 1 aromatic carbocycles. The molecule has 1 aromatic rings. The molecule has 0 spiro atoms. The Kier molecular flexibility index (Phi) is 4.66. The summed E-state index contributed by atoms with van der Waals surface area (Å²) in [5, 5.41) is 0. The predicted octanol–water partition coefficient (Wildman–Crippen LogP) is 5.15. The summed E-state index contributed by atoms with van der Waals surface area (Å²) >= 11 is 5.67. The van der Waals surface area contributed by atoms with Crippen LogP contribution in [0.1, 0.15) is 6.42 Å². The maximum atomic E-state index is 5.57. The van der Waals surface area contributed by atoms with E-state index < -0.39 is 0 Å². The lowest BCUT2D eigenvalue weighted by molar-refractivity contribution is 0.478. The van der Waals surface area contributed by atoms with Gasteiger partial charge in [0.1, 0.15) is 12.0 Å². The van der Waals surface area contributed by atoms with Crippen LogP contribution in [0, 0.1) is 0 Å². The number of ether oxygens (including phenoxy) is 1. The molecule has 17 heavy (non-hydrogen) atoms. The van der Waals surface area contributed by atoms with Crippen molar-refractivity contribution in [1.29, 1.82) is 0 Å². The lowest BCUT2D eigenvalue weighted by Crippen LogP contribution is -1.84. The molecular formula is C14H10BrIO. The minimum atomic E-state index is 0.842. The molecule has 0 N–H and O–H groups in total. The molecule has 0 saturated carbocycles. The summed E-state index contributed by atoms with van der Waals surface area (Å²) in [6.45, 7) is 0. The Labute approximate surface area is 123 Å². The molecule has 0 amide bonds. The second kappa shape index (κ2) is 6.24. The Hall–Kier alpha value is -0.770. The van der Waals surface area contributed by atoms with Crippen molar-refractivity contribution >= 4 is 38.5 Å². The van der Waals surface area contributed by atoms with Crippen LogP contribution < -0.4 is 4.74 Å². The lowest BCUT2D eigenvalue weighted by atomic mass is 10.2. The van der Waals surface area contributed by atoms with E-state index in [4.69, 9.17) is 4.74 Å². The molecule has 0 saturated heterocycles. The van der Waals surface area contributed by atoms with E-state index in [1.165, 1.54) is 5.57 Å². The summed E-state index contributed by atoms with van der Waals surface area (Å²) < 4.78 is 7.76. The largest absolute Gasteiger partial charge is 0.464 e. The van der Waals surface area contributed by atoms with Crippen molar-refractivity contribution in [2.24, 2.45) is 0 Å². The van der Waals surface area contributed by atoms with Crippen LogP contribution in [0.2, 0.25) is 0 Å². The summed E-state index contributed by atoms with van der Waals surface area (Å²) in [5.41, 5.74) is 4.35. The Balaban J connectivity index is 1.93. The fourth-order valence-corrected chi connectivity index (χ4v) is 2.15. The molecule has 0 fully saturated rings. The number of hydrogen-bond acceptors (Lipinski definition) is 1. The summed E-state index contributed by atoms with van der Waals surface area (Å²) in [6.07, 6.45) is 8.63. The average Bonchev–Trinajstić information content (AvgIpc) is 2.81. The third-order valence-electron chi connectivity index (χ3n) is 2.16. The normalized spacial score (nSPS) is 14.0. The van der Waals surface area contributed by atoms with Gasteiger partial charge in [-0.2, -0.15) is 0 Å². The summed E-state index contributed by atoms with van der Waals surface area (Å²) in [5.74, 6) is 0.842. The number of halogens is 2. The zero-order valence-corrected chi connectivity index (χ0v) is 12.7. The van der Waals surface area contributed by atoms with E-state index in [2.05, 4.69) is 50.3 Å². The van der Waals surface area contributed by atoms with Gasteiger partial charge in [0.25, 0.3) is 0 Å². The highest BCUT2D eigenvalue weighted by Crippen LogP contribution is 2.21. The second-order valence-electron chi connectivity index (χ2n) is 3.51. The number of benzene rings is 1. The average molecular weight is 401 g/mol. The fourth-order valence-electron chi connectivity index (χ4n) is 1.35. The highest BCUT2D eigenvalue weighted by molar-refractivity contribution is 14.1. The van der Waals surface area contributed by atoms with Crippen molar-refractivity contribution in [2.45, 2.75) is 6.42 Å². The molecule has 0 aromatic heterocycles. The Morgan fingerprint density at radius 3 is 2.76 bits per heavy atom. The topological polar surface area (TPSA) is 9.23 Å². The zero-order chi connectivity index (χ0) is 12.1. The maximum Gasteiger partial charge on any atom is 0.126 e. The summed E-state index contributed by atoms with van der Waals surface area (Å²) in [6, 6.07) is 7.78. The van der Waals surface area contributed by atoms with E-state index in [0.29, 0.717) is 0 Å². The first-order valence-corrected chi connectivity index (χ1v) is 7.00. The first kappa shape index (κ1) is 12.7. The number of allylic oxidation sites excluding steroid dienone is 4. The SMILES string of the molecule is Brc1ccc(O/C=C(\I)CC2=C=CC=C2)cc1. The molecule has 0 unspecified atom stereocenters. The van der Waals surface area contributed by atoms with Gasteiger partial charge in [-0.15, -0.1) is 5.73 Å². The van der Waals surface area contributed by atoms with Crippen LogP contribution in [0.3, 0.4) is 0 Å². The lowest BCUT2D eigenvalue weighted by Gasteiger charge is -2.02. The molecule has 0 aliphatic heterocycles. The van der Waals surface area contributed by atoms with Gasteiger partial charge in [0.2, 0.25) is 0 Å². The molecule has 0 heterocycles. The van der Waals surface area contributed by atoms with Crippen LogP contribution in [0.5, 0.6) is 5.75 Å². The van der Waals surface area contributed by atoms with Crippen LogP contribution in [0.15, 0.2) is 68.1 Å². The van der Waals surface area contributed by atoms with Crippen LogP contribution in [-0.2, 0) is 0 Å². The molecule has 0 bridgehead atoms. The first-order valence-electron chi connectivity index (χ1n) is 5.13. The molecule has 2 rings (SSSR count). The minimum Gasteiger partial charge on any atom is -0.464 e. The van der Waals surface area contributed by atoms with Crippen LogP contribution in [-0.4, -0.2) is 0 Å². The first-order chi connectivity index (χ1) is 8.24. The van der Waals surface area contributed by atoms with Gasteiger partial charge in [0.15, 0.2) is 0 Å². The monoisotopic (exact) mass is 400 g/mol. The third kappa shape index (κ3) is 4.19. The molecule has 1 nitrogen and oxygen atoms in total. The highest BCUT2D eigenvalue weighted by atomic mass is 127. The standard InChI is InChI=1S/C14H10BrIO/c15-12-5-7-14(8-6-12)17-10-13(16)9-11-3-1-2-4-11/h1-3,5-8,10H,9H2/b13-10-. The predicted molar refractivity (Wildman–Crippen MR) is 82.2 cm³/mol. The number of hydrogen-bond donors (Lipinski definition) is 0. The van der Waals surface area contributed by atoms with Crippen molar-refractivity contribution in [3.05, 3.63) is 68.1 Å². The zero-order valence-electron chi connectivity index (χ0n) is 8.99. The Bertz CT molecular complexity index is 520. The van der Waals surface area contributed by atoms with Crippen LogP contribution >= 0.6 is 38.5 Å². The van der Waals surface area contributed by atoms with E-state index in [1.54, 1.807) is 6.26 Å². The van der Waals surface area contributed by atoms with Gasteiger partial charge in [-0.1, -0.05) is 28.1 Å². The van der Waals surface area contributed by atoms with E-state index >= 15 is 0 Å². The quantitative estimate of drug-likeness (QED) is 0.386. The highest BCUT2D eigenvalue weighted by Gasteiger charge is 1.99. The molecular weight excluding hydrogens is 391 g/mol. The van der Waals surface area contributed by atoms with Crippen molar-refractivity contribution in [1.82, 2.24) is 0 Å². The molecule has 0 radical (unpaired) electrons. The maximum absolute atomic E-state index is 5.57. The fraction of sp³-hybridized carbons (Fsp3) is 0.0714. The van der Waals surface area contributed by atoms with E-state index in [9.17, 15) is 0 Å². The minimum absolute atomic E-state index is 0.842. The van der Waals surface area contributed by atoms with Crippen molar-refractivity contribution in [3.63, 3.8) is 0 Å². The van der Waals surface area contributed by atoms with Crippen molar-refractivity contribution in [3.8, 4) is 5.75 Å². The van der Waals surface area contributed by atoms with Gasteiger partial charge < -0.3 is 4.74 Å². The van der Waals surface area contributed by atoms with Gasteiger partial charge in [-0.25, -0.2) is 0 Å². The molecule has 1 aliphatic rings. The molecule has 3 heteroatoms. The van der Waals surface area contributed by atoms with Crippen molar-refractivity contribution < 1.29 is 4.74 Å². The second-order valence-corrected chi connectivity index (χ2v) is 5.81. The number of rotatable bonds is 4. The summed E-state index contributed by atoms with van der Waals surface area (Å²) in [7, 11) is 0. The van der Waals surface area contributed by atoms with Gasteiger partial charge in [-0.05, 0) is 58.5 Å². The molecule has 1 aliphatic carbocycles. The molecule has 0 atom stereocenters. The van der Waals surface area contributed by atoms with Gasteiger partial charge in [0.05, 0.1) is 0 Å². The third-order valence-corrected chi connectivity index (χ3v) is 3.32. The van der Waals surface area contributed by atoms with E-state index in [-0.39, 0.29) is 0 Å². The van der Waals surface area contributed by atoms with Crippen LogP contribution in [0.25, 0.3) is 0 Å².